The van der Waals surface area contributed by atoms with Crippen molar-refractivity contribution < 1.29 is 24.2 Å². The average molecular weight is 308 g/mol. The van der Waals surface area contributed by atoms with E-state index >= 15 is 0 Å². The number of ether oxygens (including phenoxy) is 1. The van der Waals surface area contributed by atoms with Crippen molar-refractivity contribution in [3.05, 3.63) is 12.2 Å². The van der Waals surface area contributed by atoms with Gasteiger partial charge in [-0.1, -0.05) is 12.2 Å². The first-order valence-corrected chi connectivity index (χ1v) is 7.70. The molecule has 4 atom stereocenters. The molecule has 120 valence electrons. The number of hydrogen-bond donors (Lipinski definition) is 2. The Balaban J connectivity index is 1.46. The van der Waals surface area contributed by atoms with Crippen LogP contribution in [-0.2, 0) is 19.1 Å². The molecule has 2 N–H and O–H groups in total. The first-order valence-electron chi connectivity index (χ1n) is 7.70. The molecule has 0 aromatic heterocycles. The second-order valence-electron chi connectivity index (χ2n) is 5.97. The normalized spacial score (nSPS) is 32.7. The number of carboxylic acids is 1. The maximum atomic E-state index is 12.2. The number of fused-ring (bicyclic) bond motifs is 2. The van der Waals surface area contributed by atoms with E-state index in [9.17, 15) is 19.5 Å². The summed E-state index contributed by atoms with van der Waals surface area (Å²) in [6.07, 6.45) is 4.73. The molecule has 0 saturated carbocycles. The molecule has 22 heavy (non-hydrogen) atoms. The van der Waals surface area contributed by atoms with Crippen LogP contribution >= 0.6 is 0 Å². The number of carboxylic acid groups (broad SMARTS) is 1. The number of carbonyl (C=O) groups is 3. The van der Waals surface area contributed by atoms with E-state index < -0.39 is 30.0 Å². The molecule has 3 aliphatic rings. The molecular formula is C15H20N2O5. The van der Waals surface area contributed by atoms with Crippen LogP contribution in [0.4, 0.5) is 0 Å². The van der Waals surface area contributed by atoms with Crippen LogP contribution in [0.25, 0.3) is 0 Å². The topological polar surface area (TPSA) is 95.9 Å². The summed E-state index contributed by atoms with van der Waals surface area (Å²) in [4.78, 5) is 36.8. The van der Waals surface area contributed by atoms with Crippen molar-refractivity contribution in [2.45, 2.75) is 31.5 Å². The van der Waals surface area contributed by atoms with Crippen LogP contribution in [0.3, 0.4) is 0 Å². The van der Waals surface area contributed by atoms with Crippen LogP contribution in [0.1, 0.15) is 19.3 Å². The highest BCUT2D eigenvalue weighted by molar-refractivity contribution is 5.87. The fraction of sp³-hybridized carbons (Fsp3) is 0.667. The van der Waals surface area contributed by atoms with E-state index in [4.69, 9.17) is 4.74 Å². The molecule has 0 radical (unpaired) electrons. The lowest BCUT2D eigenvalue weighted by Crippen LogP contribution is -2.43. The van der Waals surface area contributed by atoms with Gasteiger partial charge < -0.3 is 20.1 Å². The van der Waals surface area contributed by atoms with Gasteiger partial charge in [-0.2, -0.15) is 0 Å². The lowest BCUT2D eigenvalue weighted by Gasteiger charge is -2.21. The smallest absolute Gasteiger partial charge is 0.310 e. The van der Waals surface area contributed by atoms with E-state index in [-0.39, 0.29) is 11.8 Å². The third kappa shape index (κ3) is 2.72. The molecule has 7 nitrogen and oxygen atoms in total. The molecule has 0 unspecified atom stereocenters. The third-order valence-electron chi connectivity index (χ3n) is 4.56. The van der Waals surface area contributed by atoms with Gasteiger partial charge in [0.2, 0.25) is 11.8 Å². The summed E-state index contributed by atoms with van der Waals surface area (Å²) < 4.78 is 5.48. The fourth-order valence-corrected chi connectivity index (χ4v) is 3.45. The number of likely N-dealkylation sites (tertiary alicyclic amines) is 1. The molecular weight excluding hydrogens is 288 g/mol. The summed E-state index contributed by atoms with van der Waals surface area (Å²) in [5, 5.41) is 12.0. The summed E-state index contributed by atoms with van der Waals surface area (Å²) in [5.74, 6) is -2.59. The highest BCUT2D eigenvalue weighted by atomic mass is 16.5. The van der Waals surface area contributed by atoms with Crippen molar-refractivity contribution in [1.82, 2.24) is 10.2 Å². The molecule has 2 bridgehead atoms. The fourth-order valence-electron chi connectivity index (χ4n) is 3.45. The molecule has 2 amide bonds. The second kappa shape index (κ2) is 6.08. The number of rotatable bonds is 6. The minimum Gasteiger partial charge on any atom is -0.481 e. The van der Waals surface area contributed by atoms with E-state index in [2.05, 4.69) is 5.32 Å². The molecule has 0 aliphatic carbocycles. The van der Waals surface area contributed by atoms with Gasteiger partial charge in [0.15, 0.2) is 0 Å². The first-order chi connectivity index (χ1) is 10.6. The predicted octanol–water partition coefficient (Wildman–Crippen LogP) is -0.231. The van der Waals surface area contributed by atoms with Crippen molar-refractivity contribution in [1.29, 1.82) is 0 Å². The van der Waals surface area contributed by atoms with Crippen molar-refractivity contribution in [3.8, 4) is 0 Å². The largest absolute Gasteiger partial charge is 0.481 e. The zero-order valence-corrected chi connectivity index (χ0v) is 12.2. The lowest BCUT2D eigenvalue weighted by molar-refractivity contribution is -0.146. The second-order valence-corrected chi connectivity index (χ2v) is 5.97. The van der Waals surface area contributed by atoms with Crippen LogP contribution < -0.4 is 5.32 Å². The molecule has 0 aromatic carbocycles. The Morgan fingerprint density at radius 1 is 1.32 bits per heavy atom. The van der Waals surface area contributed by atoms with Crippen molar-refractivity contribution in [3.63, 3.8) is 0 Å². The van der Waals surface area contributed by atoms with Gasteiger partial charge in [-0.05, 0) is 12.8 Å². The SMILES string of the molecule is O=C(O)[C@@H]1[C@@H](C(=O)NCCCN2CCCC2=O)[C@H]2C=C[C@@H]1O2. The number of hydrogen-bond acceptors (Lipinski definition) is 4. The van der Waals surface area contributed by atoms with Gasteiger partial charge in [0.1, 0.15) is 5.92 Å². The van der Waals surface area contributed by atoms with Crippen LogP contribution in [0.15, 0.2) is 12.2 Å². The third-order valence-corrected chi connectivity index (χ3v) is 4.56. The number of amides is 2. The van der Waals surface area contributed by atoms with Crippen LogP contribution in [-0.4, -0.2) is 59.6 Å². The van der Waals surface area contributed by atoms with Gasteiger partial charge in [0.05, 0.1) is 18.1 Å². The van der Waals surface area contributed by atoms with Crippen LogP contribution in [0.5, 0.6) is 0 Å². The van der Waals surface area contributed by atoms with E-state index in [1.54, 1.807) is 17.1 Å². The Morgan fingerprint density at radius 2 is 2.05 bits per heavy atom. The summed E-state index contributed by atoms with van der Waals surface area (Å²) in [7, 11) is 0. The standard InChI is InChI=1S/C15H20N2O5/c18-11-3-1-7-17(11)8-2-6-16-14(19)12-9-4-5-10(22-9)13(12)15(20)21/h4-5,9-10,12-13H,1-3,6-8H2,(H,16,19)(H,20,21)/t9-,10+,12+,13+/m1/s1. The summed E-state index contributed by atoms with van der Waals surface area (Å²) in [5.41, 5.74) is 0. The van der Waals surface area contributed by atoms with E-state index in [1.165, 1.54) is 0 Å². The molecule has 2 saturated heterocycles. The van der Waals surface area contributed by atoms with Gasteiger partial charge in [0, 0.05) is 26.1 Å². The predicted molar refractivity (Wildman–Crippen MR) is 75.9 cm³/mol. The zero-order valence-electron chi connectivity index (χ0n) is 12.2. The van der Waals surface area contributed by atoms with Crippen LogP contribution in [0.2, 0.25) is 0 Å². The van der Waals surface area contributed by atoms with Gasteiger partial charge in [-0.3, -0.25) is 14.4 Å². The molecule has 0 aromatic rings. The molecule has 3 rings (SSSR count). The first kappa shape index (κ1) is 15.0. The summed E-state index contributed by atoms with van der Waals surface area (Å²) >= 11 is 0. The Labute approximate surface area is 128 Å². The van der Waals surface area contributed by atoms with Crippen LogP contribution in [0, 0.1) is 11.8 Å². The zero-order chi connectivity index (χ0) is 15.7. The van der Waals surface area contributed by atoms with Crippen molar-refractivity contribution in [2.24, 2.45) is 11.8 Å². The number of nitrogens with one attached hydrogen (secondary N) is 1. The molecule has 3 heterocycles. The molecule has 2 fully saturated rings. The molecule has 0 spiro atoms. The Morgan fingerprint density at radius 3 is 2.68 bits per heavy atom. The Kier molecular flexibility index (Phi) is 4.15. The van der Waals surface area contributed by atoms with Gasteiger partial charge in [0.25, 0.3) is 0 Å². The maximum Gasteiger partial charge on any atom is 0.310 e. The van der Waals surface area contributed by atoms with E-state index in [0.29, 0.717) is 25.9 Å². The highest BCUT2D eigenvalue weighted by Gasteiger charge is 2.53. The number of aliphatic carboxylic acids is 1. The number of carbonyl (C=O) groups excluding carboxylic acids is 2. The van der Waals surface area contributed by atoms with Gasteiger partial charge >= 0.3 is 5.97 Å². The molecule has 7 heteroatoms. The Hall–Kier alpha value is -1.89. The minimum atomic E-state index is -1.00. The minimum absolute atomic E-state index is 0.170. The molecule has 3 aliphatic heterocycles. The van der Waals surface area contributed by atoms with Crippen molar-refractivity contribution >= 4 is 17.8 Å². The van der Waals surface area contributed by atoms with E-state index in [0.717, 1.165) is 13.0 Å². The van der Waals surface area contributed by atoms with Gasteiger partial charge in [-0.15, -0.1) is 0 Å². The maximum absolute atomic E-state index is 12.2. The van der Waals surface area contributed by atoms with E-state index in [1.807, 2.05) is 0 Å². The monoisotopic (exact) mass is 308 g/mol. The number of nitrogens with zero attached hydrogens (tertiary/aromatic N) is 1. The quantitative estimate of drug-likeness (QED) is 0.522. The average Bonchev–Trinajstić information content (AvgIpc) is 3.18. The van der Waals surface area contributed by atoms with Gasteiger partial charge in [-0.25, -0.2) is 0 Å². The van der Waals surface area contributed by atoms with Crippen molar-refractivity contribution in [2.75, 3.05) is 19.6 Å². The summed E-state index contributed by atoms with van der Waals surface area (Å²) in [6.45, 7) is 1.86. The lowest BCUT2D eigenvalue weighted by atomic mass is 9.82. The highest BCUT2D eigenvalue weighted by Crippen LogP contribution is 2.39. The summed E-state index contributed by atoms with van der Waals surface area (Å²) in [6, 6.07) is 0. The Bertz CT molecular complexity index is 518.